The zero-order chi connectivity index (χ0) is 22.7. The molecular formula is C19H19ClF3N3O3S. The maximum Gasteiger partial charge on any atom is 0.417 e. The van der Waals surface area contributed by atoms with Crippen LogP contribution in [0.1, 0.15) is 23.6 Å². The first kappa shape index (κ1) is 23.7. The van der Waals surface area contributed by atoms with Gasteiger partial charge in [0.05, 0.1) is 28.2 Å². The van der Waals surface area contributed by atoms with Crippen LogP contribution in [0.5, 0.6) is 0 Å². The van der Waals surface area contributed by atoms with Crippen molar-refractivity contribution in [1.82, 2.24) is 5.43 Å². The molecule has 0 aliphatic carbocycles. The predicted molar refractivity (Wildman–Crippen MR) is 110 cm³/mol. The lowest BCUT2D eigenvalue weighted by Crippen LogP contribution is -2.39. The number of benzene rings is 2. The Morgan fingerprint density at radius 3 is 2.30 bits per heavy atom. The number of nitrogens with zero attached hydrogens (tertiary/aromatic N) is 2. The van der Waals surface area contributed by atoms with Gasteiger partial charge in [-0.25, -0.2) is 13.8 Å². The van der Waals surface area contributed by atoms with E-state index in [2.05, 4.69) is 10.5 Å². The zero-order valence-corrected chi connectivity index (χ0v) is 17.9. The number of aryl methyl sites for hydroxylation is 1. The molecule has 0 spiro atoms. The molecule has 0 saturated heterocycles. The van der Waals surface area contributed by atoms with E-state index in [1.165, 1.54) is 0 Å². The zero-order valence-electron chi connectivity index (χ0n) is 16.3. The minimum absolute atomic E-state index is 0.344. The molecule has 0 unspecified atom stereocenters. The quantitative estimate of drug-likeness (QED) is 0.522. The number of rotatable bonds is 6. The first-order valence-electron chi connectivity index (χ1n) is 8.53. The third-order valence-electron chi connectivity index (χ3n) is 4.05. The number of sulfonamides is 1. The highest BCUT2D eigenvalue weighted by Crippen LogP contribution is 2.37. The van der Waals surface area contributed by atoms with Crippen molar-refractivity contribution in [1.29, 1.82) is 0 Å². The lowest BCUT2D eigenvalue weighted by Gasteiger charge is -2.22. The summed E-state index contributed by atoms with van der Waals surface area (Å²) in [5, 5.41) is 3.34. The third kappa shape index (κ3) is 6.20. The van der Waals surface area contributed by atoms with Crippen LogP contribution in [0.3, 0.4) is 0 Å². The van der Waals surface area contributed by atoms with Crippen LogP contribution in [0, 0.1) is 6.92 Å². The van der Waals surface area contributed by atoms with Crippen molar-refractivity contribution in [3.63, 3.8) is 0 Å². The molecule has 162 valence electrons. The number of hydrazone groups is 1. The molecule has 0 fully saturated rings. The lowest BCUT2D eigenvalue weighted by atomic mass is 10.1. The topological polar surface area (TPSA) is 78.8 Å². The van der Waals surface area contributed by atoms with Crippen LogP contribution in [-0.4, -0.2) is 32.8 Å². The van der Waals surface area contributed by atoms with E-state index in [1.54, 1.807) is 19.1 Å². The average Bonchev–Trinajstić information content (AvgIpc) is 2.63. The SMILES string of the molecule is C/C(=N/NC(=O)CN(c1ccc(Cl)c(C(F)(F)F)c1)S(C)(=O)=O)c1ccc(C)cc1. The number of amides is 1. The van der Waals surface area contributed by atoms with Gasteiger partial charge in [0, 0.05) is 0 Å². The van der Waals surface area contributed by atoms with Crippen LogP contribution in [0.25, 0.3) is 0 Å². The van der Waals surface area contributed by atoms with Crippen LogP contribution in [0.4, 0.5) is 18.9 Å². The molecule has 6 nitrogen and oxygen atoms in total. The van der Waals surface area contributed by atoms with E-state index >= 15 is 0 Å². The average molecular weight is 462 g/mol. The second kappa shape index (κ2) is 9.05. The Kier molecular flexibility index (Phi) is 7.14. The molecule has 0 bridgehead atoms. The first-order chi connectivity index (χ1) is 13.8. The van der Waals surface area contributed by atoms with Crippen LogP contribution in [-0.2, 0) is 21.0 Å². The van der Waals surface area contributed by atoms with E-state index < -0.39 is 39.2 Å². The highest BCUT2D eigenvalue weighted by Gasteiger charge is 2.34. The van der Waals surface area contributed by atoms with Gasteiger partial charge in [-0.15, -0.1) is 0 Å². The number of anilines is 1. The van der Waals surface area contributed by atoms with E-state index in [1.807, 2.05) is 19.1 Å². The Hall–Kier alpha value is -2.59. The molecule has 2 aromatic carbocycles. The molecule has 0 heterocycles. The fourth-order valence-electron chi connectivity index (χ4n) is 2.46. The van der Waals surface area contributed by atoms with Gasteiger partial charge >= 0.3 is 6.18 Å². The lowest BCUT2D eigenvalue weighted by molar-refractivity contribution is -0.137. The third-order valence-corrected chi connectivity index (χ3v) is 5.52. The molecule has 11 heteroatoms. The molecule has 2 rings (SSSR count). The van der Waals surface area contributed by atoms with Crippen molar-refractivity contribution >= 4 is 38.9 Å². The van der Waals surface area contributed by atoms with Crippen molar-refractivity contribution in [2.45, 2.75) is 20.0 Å². The summed E-state index contributed by atoms with van der Waals surface area (Å²) in [6, 6.07) is 9.92. The van der Waals surface area contributed by atoms with E-state index in [-0.39, 0.29) is 5.69 Å². The highest BCUT2D eigenvalue weighted by atomic mass is 35.5. The predicted octanol–water partition coefficient (Wildman–Crippen LogP) is 3.97. The van der Waals surface area contributed by atoms with E-state index in [0.29, 0.717) is 16.1 Å². The maximum absolute atomic E-state index is 13.1. The molecule has 0 aromatic heterocycles. The number of alkyl halides is 3. The fourth-order valence-corrected chi connectivity index (χ4v) is 3.53. The Morgan fingerprint density at radius 2 is 1.77 bits per heavy atom. The first-order valence-corrected chi connectivity index (χ1v) is 10.8. The summed E-state index contributed by atoms with van der Waals surface area (Å²) in [6.45, 7) is 2.80. The summed E-state index contributed by atoms with van der Waals surface area (Å²) in [5.41, 5.74) is 2.93. The largest absolute Gasteiger partial charge is 0.417 e. The number of halogens is 4. The van der Waals surface area contributed by atoms with Gasteiger partial charge in [0.25, 0.3) is 5.91 Å². The minimum atomic E-state index is -4.78. The smallest absolute Gasteiger partial charge is 0.271 e. The van der Waals surface area contributed by atoms with Crippen LogP contribution >= 0.6 is 11.6 Å². The Labute approximate surface area is 177 Å². The van der Waals surface area contributed by atoms with Gasteiger partial charge in [0.2, 0.25) is 10.0 Å². The fraction of sp³-hybridized carbons (Fsp3) is 0.263. The Balaban J connectivity index is 2.24. The van der Waals surface area contributed by atoms with Gasteiger partial charge < -0.3 is 0 Å². The second-order valence-corrected chi connectivity index (χ2v) is 8.84. The summed E-state index contributed by atoms with van der Waals surface area (Å²) in [4.78, 5) is 12.2. The van der Waals surface area contributed by atoms with Crippen molar-refractivity contribution in [2.24, 2.45) is 5.10 Å². The van der Waals surface area contributed by atoms with Crippen molar-refractivity contribution in [3.8, 4) is 0 Å². The summed E-state index contributed by atoms with van der Waals surface area (Å²) in [7, 11) is -4.07. The molecular weight excluding hydrogens is 443 g/mol. The summed E-state index contributed by atoms with van der Waals surface area (Å²) in [6.07, 6.45) is -4.00. The number of carbonyl (C=O) groups excluding carboxylic acids is 1. The van der Waals surface area contributed by atoms with Crippen molar-refractivity contribution in [3.05, 3.63) is 64.2 Å². The van der Waals surface area contributed by atoms with Crippen molar-refractivity contribution in [2.75, 3.05) is 17.1 Å². The summed E-state index contributed by atoms with van der Waals surface area (Å²) >= 11 is 5.57. The molecule has 0 radical (unpaired) electrons. The summed E-state index contributed by atoms with van der Waals surface area (Å²) in [5.74, 6) is -0.824. The highest BCUT2D eigenvalue weighted by molar-refractivity contribution is 7.92. The van der Waals surface area contributed by atoms with E-state index in [0.717, 1.165) is 29.5 Å². The van der Waals surface area contributed by atoms with E-state index in [9.17, 15) is 26.4 Å². The molecule has 0 aliphatic rings. The van der Waals surface area contributed by atoms with Gasteiger partial charge in [-0.1, -0.05) is 41.4 Å². The monoisotopic (exact) mass is 461 g/mol. The summed E-state index contributed by atoms with van der Waals surface area (Å²) < 4.78 is 64.0. The number of nitrogens with one attached hydrogen (secondary N) is 1. The standard InChI is InChI=1S/C19H19ClF3N3O3S/c1-12-4-6-14(7-5-12)13(2)24-25-18(27)11-26(30(3,28)29)15-8-9-17(20)16(10-15)19(21,22)23/h4-10H,11H2,1-3H3,(H,25,27)/b24-13-. The van der Waals surface area contributed by atoms with Gasteiger partial charge in [-0.3, -0.25) is 9.10 Å². The normalized spacial score (nSPS) is 12.6. The molecule has 30 heavy (non-hydrogen) atoms. The molecule has 0 saturated carbocycles. The van der Waals surface area contributed by atoms with Crippen LogP contribution < -0.4 is 9.73 Å². The van der Waals surface area contributed by atoms with Crippen LogP contribution in [0.15, 0.2) is 47.6 Å². The Morgan fingerprint density at radius 1 is 1.17 bits per heavy atom. The number of hydrogen-bond acceptors (Lipinski definition) is 4. The van der Waals surface area contributed by atoms with E-state index in [4.69, 9.17) is 11.6 Å². The van der Waals surface area contributed by atoms with Gasteiger partial charge in [0.1, 0.15) is 6.54 Å². The number of carbonyl (C=O) groups is 1. The van der Waals surface area contributed by atoms with Gasteiger partial charge in [-0.05, 0) is 37.6 Å². The minimum Gasteiger partial charge on any atom is -0.271 e. The molecule has 1 N–H and O–H groups in total. The molecule has 2 aromatic rings. The second-order valence-electron chi connectivity index (χ2n) is 6.53. The Bertz CT molecular complexity index is 1070. The molecule has 0 aliphatic heterocycles. The number of hydrogen-bond donors (Lipinski definition) is 1. The van der Waals surface area contributed by atoms with Gasteiger partial charge in [0.15, 0.2) is 0 Å². The molecule has 1 amide bonds. The maximum atomic E-state index is 13.1. The molecule has 0 atom stereocenters. The van der Waals surface area contributed by atoms with Crippen molar-refractivity contribution < 1.29 is 26.4 Å². The van der Waals surface area contributed by atoms with Gasteiger partial charge in [-0.2, -0.15) is 18.3 Å². The van der Waals surface area contributed by atoms with Crippen LogP contribution in [0.2, 0.25) is 5.02 Å².